The average Bonchev–Trinajstić information content (AvgIpc) is 3.38. The molecule has 1 fully saturated rings. The number of nitrogens with zero attached hydrogens (tertiary/aromatic N) is 1. The number of Topliss-reactive ketones (excluding diaryl/α,β-unsaturated/α-hetero) is 1. The number of aliphatic hydroxyl groups is 1. The van der Waals surface area contributed by atoms with Crippen molar-refractivity contribution in [2.45, 2.75) is 84.5 Å². The van der Waals surface area contributed by atoms with E-state index >= 15 is 0 Å². The van der Waals surface area contributed by atoms with E-state index in [1.807, 2.05) is 13.8 Å². The van der Waals surface area contributed by atoms with E-state index in [9.17, 15) is 24.3 Å². The van der Waals surface area contributed by atoms with Gasteiger partial charge in [-0.3, -0.25) is 19.2 Å². The summed E-state index contributed by atoms with van der Waals surface area (Å²) >= 11 is 0. The van der Waals surface area contributed by atoms with Crippen molar-refractivity contribution in [1.82, 2.24) is 0 Å². The van der Waals surface area contributed by atoms with Gasteiger partial charge in [-0.05, 0) is 55.4 Å². The van der Waals surface area contributed by atoms with Gasteiger partial charge in [0.05, 0.1) is 30.4 Å². The number of aliphatic carboxylic acids is 1. The number of ketones is 2. The van der Waals surface area contributed by atoms with E-state index in [2.05, 4.69) is 5.16 Å². The summed E-state index contributed by atoms with van der Waals surface area (Å²) in [4.78, 5) is 54.6. The Hall–Kier alpha value is -3.27. The van der Waals surface area contributed by atoms with Gasteiger partial charge >= 0.3 is 11.9 Å². The minimum Gasteiger partial charge on any atom is -0.481 e. The Kier molecular flexibility index (Phi) is 10.4. The highest BCUT2D eigenvalue weighted by Gasteiger charge is 2.46. The normalized spacial score (nSPS) is 25.7. The number of hydrogen-bond donors (Lipinski definition) is 2. The molecule has 0 amide bonds. The number of oxime groups is 1. The number of hydrogen-bond acceptors (Lipinski definition) is 9. The molecule has 10 nitrogen and oxygen atoms in total. The highest BCUT2D eigenvalue weighted by atomic mass is 16.6. The number of carboxylic acids is 1. The number of carbonyl (C=O) groups is 4. The summed E-state index contributed by atoms with van der Waals surface area (Å²) in [5.41, 5.74) is 1.26. The van der Waals surface area contributed by atoms with E-state index in [0.29, 0.717) is 42.7 Å². The maximum atomic E-state index is 13.0. The van der Waals surface area contributed by atoms with E-state index < -0.39 is 30.5 Å². The van der Waals surface area contributed by atoms with Crippen molar-refractivity contribution in [3.05, 3.63) is 35.8 Å². The molecule has 0 aliphatic heterocycles. The van der Waals surface area contributed by atoms with Crippen molar-refractivity contribution in [2.75, 3.05) is 0 Å². The summed E-state index contributed by atoms with van der Waals surface area (Å²) in [7, 11) is 0. The molecule has 0 saturated heterocycles. The number of allylic oxidation sites excluding steroid dienone is 1. The highest BCUT2D eigenvalue weighted by molar-refractivity contribution is 6.08. The van der Waals surface area contributed by atoms with Gasteiger partial charge < -0.3 is 24.2 Å². The summed E-state index contributed by atoms with van der Waals surface area (Å²) < 4.78 is 11.2. The summed E-state index contributed by atoms with van der Waals surface area (Å²) in [5, 5.41) is 23.0. The van der Waals surface area contributed by atoms with Gasteiger partial charge in [-0.15, -0.1) is 0 Å². The van der Waals surface area contributed by atoms with Crippen LogP contribution in [0.4, 0.5) is 0 Å². The monoisotopic (exact) mass is 531 g/mol. The predicted octanol–water partition coefficient (Wildman–Crippen LogP) is 3.86. The number of ether oxygens (including phenoxy) is 1. The van der Waals surface area contributed by atoms with Gasteiger partial charge in [-0.2, -0.15) is 0 Å². The lowest BCUT2D eigenvalue weighted by atomic mass is 9.63. The highest BCUT2D eigenvalue weighted by Crippen LogP contribution is 2.44. The molecule has 0 bridgehead atoms. The lowest BCUT2D eigenvalue weighted by molar-refractivity contribution is -0.158. The van der Waals surface area contributed by atoms with Gasteiger partial charge in [0.2, 0.25) is 0 Å². The summed E-state index contributed by atoms with van der Waals surface area (Å²) in [6.45, 7) is 5.65. The maximum Gasteiger partial charge on any atom is 0.308 e. The molecule has 208 valence electrons. The molecule has 1 heterocycles. The Labute approximate surface area is 222 Å². The Bertz CT molecular complexity index is 1060. The van der Waals surface area contributed by atoms with E-state index in [-0.39, 0.29) is 54.7 Å². The Morgan fingerprint density at radius 2 is 2.03 bits per heavy atom. The van der Waals surface area contributed by atoms with Crippen LogP contribution in [0.1, 0.15) is 71.5 Å². The zero-order valence-electron chi connectivity index (χ0n) is 22.1. The number of fused-ring (bicyclic) bond motifs is 1. The van der Waals surface area contributed by atoms with Gasteiger partial charge in [0.1, 0.15) is 17.6 Å². The molecule has 1 aromatic heterocycles. The second-order valence-corrected chi connectivity index (χ2v) is 10.2. The van der Waals surface area contributed by atoms with Crippen molar-refractivity contribution in [2.24, 2.45) is 28.8 Å². The smallest absolute Gasteiger partial charge is 0.308 e. The third kappa shape index (κ3) is 7.63. The Morgan fingerprint density at radius 1 is 1.26 bits per heavy atom. The minimum atomic E-state index is -1.26. The van der Waals surface area contributed by atoms with E-state index in [0.717, 1.165) is 0 Å². The van der Waals surface area contributed by atoms with Crippen LogP contribution in [0, 0.1) is 23.7 Å². The lowest BCUT2D eigenvalue weighted by Crippen LogP contribution is -2.46. The largest absolute Gasteiger partial charge is 0.481 e. The summed E-state index contributed by atoms with van der Waals surface area (Å²) in [6.07, 6.45) is 2.55. The van der Waals surface area contributed by atoms with Crippen LogP contribution in [0.25, 0.3) is 0 Å². The van der Waals surface area contributed by atoms with Gasteiger partial charge in [0.15, 0.2) is 12.4 Å². The van der Waals surface area contributed by atoms with Crippen LogP contribution in [-0.2, 0) is 35.4 Å². The molecule has 38 heavy (non-hydrogen) atoms. The third-order valence-corrected chi connectivity index (χ3v) is 7.48. The predicted molar refractivity (Wildman–Crippen MR) is 136 cm³/mol. The fourth-order valence-corrected chi connectivity index (χ4v) is 5.12. The second kappa shape index (κ2) is 13.5. The fraction of sp³-hybridized carbons (Fsp3) is 0.607. The number of carbonyl (C=O) groups excluding carboxylic acids is 3. The first-order valence-corrected chi connectivity index (χ1v) is 13.2. The molecule has 2 aliphatic carbocycles. The van der Waals surface area contributed by atoms with Gasteiger partial charge in [-0.1, -0.05) is 25.9 Å². The zero-order chi connectivity index (χ0) is 27.8. The molecule has 6 unspecified atom stereocenters. The van der Waals surface area contributed by atoms with Crippen LogP contribution in [0.15, 0.2) is 39.6 Å². The molecule has 3 rings (SSSR count). The van der Waals surface area contributed by atoms with Gasteiger partial charge in [0, 0.05) is 24.7 Å². The van der Waals surface area contributed by atoms with Crippen molar-refractivity contribution in [3.63, 3.8) is 0 Å². The molecule has 2 aliphatic rings. The fourth-order valence-electron chi connectivity index (χ4n) is 5.12. The molecular formula is C28H37NO9. The number of furan rings is 1. The van der Waals surface area contributed by atoms with Crippen molar-refractivity contribution in [1.29, 1.82) is 0 Å². The molecule has 0 radical (unpaired) electrons. The number of aliphatic hydroxyl groups excluding tert-OH is 1. The molecular weight excluding hydrogens is 494 g/mol. The van der Waals surface area contributed by atoms with Crippen LogP contribution >= 0.6 is 0 Å². The molecule has 0 spiro atoms. The summed E-state index contributed by atoms with van der Waals surface area (Å²) in [6, 6.07) is 3.51. The SMILES string of the molecule is CCC(C)C(=O)OC1CCC(=NOCc2ccco2)C2=CC(=O)C(C)C(CCC(=O)CC(O)CC(=O)O)C21. The van der Waals surface area contributed by atoms with Crippen molar-refractivity contribution < 1.29 is 43.4 Å². The van der Waals surface area contributed by atoms with Crippen molar-refractivity contribution >= 4 is 29.2 Å². The topological polar surface area (TPSA) is 153 Å². The summed E-state index contributed by atoms with van der Waals surface area (Å²) in [5.74, 6) is -2.63. The molecule has 1 aromatic rings. The van der Waals surface area contributed by atoms with Crippen LogP contribution in [-0.4, -0.2) is 51.6 Å². The van der Waals surface area contributed by atoms with Crippen LogP contribution < -0.4 is 0 Å². The molecule has 2 N–H and O–H groups in total. The number of rotatable bonds is 13. The quantitative estimate of drug-likeness (QED) is 0.285. The van der Waals surface area contributed by atoms with Crippen LogP contribution in [0.5, 0.6) is 0 Å². The Balaban J connectivity index is 1.82. The molecule has 6 atom stereocenters. The van der Waals surface area contributed by atoms with Crippen LogP contribution in [0.3, 0.4) is 0 Å². The van der Waals surface area contributed by atoms with Crippen LogP contribution in [0.2, 0.25) is 0 Å². The third-order valence-electron chi connectivity index (χ3n) is 7.48. The zero-order valence-corrected chi connectivity index (χ0v) is 22.1. The lowest BCUT2D eigenvalue weighted by Gasteiger charge is -2.43. The first-order valence-electron chi connectivity index (χ1n) is 13.2. The van der Waals surface area contributed by atoms with Crippen molar-refractivity contribution in [3.8, 4) is 0 Å². The average molecular weight is 532 g/mol. The second-order valence-electron chi connectivity index (χ2n) is 10.2. The first-order chi connectivity index (χ1) is 18.1. The van der Waals surface area contributed by atoms with E-state index in [1.165, 1.54) is 6.26 Å². The molecule has 10 heteroatoms. The van der Waals surface area contributed by atoms with E-state index in [1.54, 1.807) is 25.1 Å². The molecule has 0 aromatic carbocycles. The van der Waals surface area contributed by atoms with Gasteiger partial charge in [0.25, 0.3) is 0 Å². The maximum absolute atomic E-state index is 13.0. The number of carboxylic acid groups (broad SMARTS) is 1. The van der Waals surface area contributed by atoms with E-state index in [4.69, 9.17) is 19.1 Å². The minimum absolute atomic E-state index is 0.0657. The first kappa shape index (κ1) is 29.3. The molecule has 1 saturated carbocycles. The standard InChI is InChI=1S/C28H37NO9/c1-4-16(2)28(35)38-25-10-9-23(29-37-15-20-6-5-11-36-20)22-14-24(32)17(3)21(27(22)25)8-7-18(30)12-19(31)13-26(33)34/h5-6,11,14,16-17,19,21,25,27,31H,4,7-10,12-13,15H2,1-3H3,(H,33,34). The van der Waals surface area contributed by atoms with Gasteiger partial charge in [-0.25, -0.2) is 0 Å². The number of esters is 1. The Morgan fingerprint density at radius 3 is 2.68 bits per heavy atom.